The maximum absolute atomic E-state index is 13.3. The molecule has 0 saturated carbocycles. The number of nitrogens with zero attached hydrogens (tertiary/aromatic N) is 4. The van der Waals surface area contributed by atoms with E-state index in [1.54, 1.807) is 6.07 Å². The van der Waals surface area contributed by atoms with Crippen LogP contribution in [0.15, 0.2) is 66.7 Å². The SMILES string of the molecule is Cc1cc(C(=O)N(Cc2ccccc2)C(C)C)nc(N(C)Cc2ccccc2)n1. The number of rotatable bonds is 7. The third-order valence-electron chi connectivity index (χ3n) is 4.75. The summed E-state index contributed by atoms with van der Waals surface area (Å²) in [5.74, 6) is 0.476. The van der Waals surface area contributed by atoms with E-state index in [9.17, 15) is 4.79 Å². The number of amides is 1. The zero-order valence-corrected chi connectivity index (χ0v) is 17.5. The minimum Gasteiger partial charge on any atom is -0.340 e. The van der Waals surface area contributed by atoms with E-state index in [1.165, 1.54) is 5.56 Å². The second-order valence-electron chi connectivity index (χ2n) is 7.55. The first-order valence-corrected chi connectivity index (χ1v) is 9.89. The van der Waals surface area contributed by atoms with Crippen molar-refractivity contribution in [2.45, 2.75) is 39.9 Å². The van der Waals surface area contributed by atoms with E-state index in [1.807, 2.05) is 86.1 Å². The number of aromatic nitrogens is 2. The second kappa shape index (κ2) is 9.32. The smallest absolute Gasteiger partial charge is 0.273 e. The molecule has 0 unspecified atom stereocenters. The molecule has 0 N–H and O–H groups in total. The highest BCUT2D eigenvalue weighted by Gasteiger charge is 2.22. The standard InChI is InChI=1S/C24H28N4O/c1-18(2)28(17-21-13-9-6-10-14-21)23(29)22-15-19(3)25-24(26-22)27(4)16-20-11-7-5-8-12-20/h5-15,18H,16-17H2,1-4H3. The number of benzene rings is 2. The molecule has 5 nitrogen and oxygen atoms in total. The van der Waals surface area contributed by atoms with Gasteiger partial charge in [0.1, 0.15) is 5.69 Å². The molecule has 2 aromatic carbocycles. The number of carbonyl (C=O) groups is 1. The first-order chi connectivity index (χ1) is 13.9. The van der Waals surface area contributed by atoms with Crippen molar-refractivity contribution >= 4 is 11.9 Å². The van der Waals surface area contributed by atoms with Crippen molar-refractivity contribution in [1.82, 2.24) is 14.9 Å². The summed E-state index contributed by atoms with van der Waals surface area (Å²) in [6, 6.07) is 22.0. The average Bonchev–Trinajstić information content (AvgIpc) is 2.72. The molecule has 0 saturated heterocycles. The molecule has 3 aromatic rings. The fraction of sp³-hybridized carbons (Fsp3) is 0.292. The molecular weight excluding hydrogens is 360 g/mol. The van der Waals surface area contributed by atoms with Crippen molar-refractivity contribution in [3.8, 4) is 0 Å². The number of anilines is 1. The quantitative estimate of drug-likeness (QED) is 0.599. The van der Waals surface area contributed by atoms with E-state index in [4.69, 9.17) is 0 Å². The van der Waals surface area contributed by atoms with Crippen molar-refractivity contribution in [2.24, 2.45) is 0 Å². The number of aryl methyl sites for hydroxylation is 1. The van der Waals surface area contributed by atoms with E-state index in [-0.39, 0.29) is 11.9 Å². The van der Waals surface area contributed by atoms with Gasteiger partial charge in [-0.05, 0) is 38.0 Å². The average molecular weight is 389 g/mol. The number of hydrogen-bond donors (Lipinski definition) is 0. The zero-order valence-electron chi connectivity index (χ0n) is 17.5. The summed E-state index contributed by atoms with van der Waals surface area (Å²) in [7, 11) is 1.94. The van der Waals surface area contributed by atoms with Crippen LogP contribution in [0.5, 0.6) is 0 Å². The Bertz CT molecular complexity index is 942. The first kappa shape index (κ1) is 20.5. The fourth-order valence-corrected chi connectivity index (χ4v) is 3.18. The topological polar surface area (TPSA) is 49.3 Å². The van der Waals surface area contributed by atoms with Crippen LogP contribution in [0.25, 0.3) is 0 Å². The minimum absolute atomic E-state index is 0.0588. The third kappa shape index (κ3) is 5.41. The summed E-state index contributed by atoms with van der Waals surface area (Å²) >= 11 is 0. The van der Waals surface area contributed by atoms with Gasteiger partial charge in [-0.2, -0.15) is 0 Å². The maximum Gasteiger partial charge on any atom is 0.273 e. The maximum atomic E-state index is 13.3. The van der Waals surface area contributed by atoms with Crippen LogP contribution in [0.1, 0.15) is 41.2 Å². The monoisotopic (exact) mass is 388 g/mol. The van der Waals surface area contributed by atoms with Gasteiger partial charge < -0.3 is 9.80 Å². The second-order valence-corrected chi connectivity index (χ2v) is 7.55. The summed E-state index contributed by atoms with van der Waals surface area (Å²) in [5.41, 5.74) is 3.47. The Morgan fingerprint density at radius 2 is 1.45 bits per heavy atom. The van der Waals surface area contributed by atoms with Crippen molar-refractivity contribution in [3.05, 3.63) is 89.2 Å². The summed E-state index contributed by atoms with van der Waals surface area (Å²) in [6.07, 6.45) is 0. The molecule has 29 heavy (non-hydrogen) atoms. The van der Waals surface area contributed by atoms with Gasteiger partial charge in [-0.25, -0.2) is 9.97 Å². The van der Waals surface area contributed by atoms with Crippen LogP contribution in [0.4, 0.5) is 5.95 Å². The fourth-order valence-electron chi connectivity index (χ4n) is 3.18. The summed E-state index contributed by atoms with van der Waals surface area (Å²) in [5, 5.41) is 0. The van der Waals surface area contributed by atoms with Crippen LogP contribution >= 0.6 is 0 Å². The van der Waals surface area contributed by atoms with Crippen LogP contribution in [-0.2, 0) is 13.1 Å². The molecular formula is C24H28N4O. The highest BCUT2D eigenvalue weighted by molar-refractivity contribution is 5.92. The predicted octanol–water partition coefficient (Wildman–Crippen LogP) is 4.47. The Morgan fingerprint density at radius 1 is 0.897 bits per heavy atom. The Balaban J connectivity index is 1.84. The molecule has 1 aromatic heterocycles. The Morgan fingerprint density at radius 3 is 2.00 bits per heavy atom. The zero-order chi connectivity index (χ0) is 20.8. The van der Waals surface area contributed by atoms with Gasteiger partial charge in [-0.15, -0.1) is 0 Å². The molecule has 0 aliphatic heterocycles. The van der Waals surface area contributed by atoms with E-state index in [0.717, 1.165) is 11.3 Å². The summed E-state index contributed by atoms with van der Waals surface area (Å²) in [6.45, 7) is 7.18. The third-order valence-corrected chi connectivity index (χ3v) is 4.75. The minimum atomic E-state index is -0.0799. The largest absolute Gasteiger partial charge is 0.340 e. The van der Waals surface area contributed by atoms with Gasteiger partial charge >= 0.3 is 0 Å². The normalized spacial score (nSPS) is 10.8. The van der Waals surface area contributed by atoms with Gasteiger partial charge in [0.25, 0.3) is 5.91 Å². The van der Waals surface area contributed by atoms with E-state index in [2.05, 4.69) is 22.1 Å². The molecule has 1 amide bonds. The van der Waals surface area contributed by atoms with Gasteiger partial charge in [-0.1, -0.05) is 60.7 Å². The van der Waals surface area contributed by atoms with Crippen molar-refractivity contribution in [2.75, 3.05) is 11.9 Å². The van der Waals surface area contributed by atoms with Crippen molar-refractivity contribution in [1.29, 1.82) is 0 Å². The number of carbonyl (C=O) groups excluding carboxylic acids is 1. The molecule has 3 rings (SSSR count). The molecule has 0 bridgehead atoms. The van der Waals surface area contributed by atoms with Gasteiger partial charge in [-0.3, -0.25) is 4.79 Å². The molecule has 5 heteroatoms. The van der Waals surface area contributed by atoms with Crippen molar-refractivity contribution in [3.63, 3.8) is 0 Å². The predicted molar refractivity (Wildman–Crippen MR) is 117 cm³/mol. The first-order valence-electron chi connectivity index (χ1n) is 9.89. The van der Waals surface area contributed by atoms with Gasteiger partial charge in [0.15, 0.2) is 0 Å². The van der Waals surface area contributed by atoms with Gasteiger partial charge in [0.05, 0.1) is 0 Å². The molecule has 0 aliphatic carbocycles. The van der Waals surface area contributed by atoms with Crippen molar-refractivity contribution < 1.29 is 4.79 Å². The molecule has 0 aliphatic rings. The Kier molecular flexibility index (Phi) is 6.60. The molecule has 1 heterocycles. The van der Waals surface area contributed by atoms with E-state index < -0.39 is 0 Å². The molecule has 0 radical (unpaired) electrons. The van der Waals surface area contributed by atoms with E-state index >= 15 is 0 Å². The lowest BCUT2D eigenvalue weighted by Crippen LogP contribution is -2.37. The van der Waals surface area contributed by atoms with Crippen LogP contribution < -0.4 is 4.90 Å². The van der Waals surface area contributed by atoms with E-state index in [0.29, 0.717) is 24.7 Å². The molecule has 0 fully saturated rings. The lowest BCUT2D eigenvalue weighted by Gasteiger charge is -2.27. The van der Waals surface area contributed by atoms with Crippen LogP contribution in [0.3, 0.4) is 0 Å². The van der Waals surface area contributed by atoms with Crippen LogP contribution in [0, 0.1) is 6.92 Å². The highest BCUT2D eigenvalue weighted by atomic mass is 16.2. The molecule has 0 spiro atoms. The Labute approximate surface area is 173 Å². The van der Waals surface area contributed by atoms with Crippen LogP contribution in [-0.4, -0.2) is 33.9 Å². The number of hydrogen-bond acceptors (Lipinski definition) is 4. The van der Waals surface area contributed by atoms with Crippen LogP contribution in [0.2, 0.25) is 0 Å². The van der Waals surface area contributed by atoms with Gasteiger partial charge in [0, 0.05) is 31.9 Å². The highest BCUT2D eigenvalue weighted by Crippen LogP contribution is 2.16. The van der Waals surface area contributed by atoms with Gasteiger partial charge in [0.2, 0.25) is 5.95 Å². The molecule has 150 valence electrons. The summed E-state index contributed by atoms with van der Waals surface area (Å²) in [4.78, 5) is 26.2. The molecule has 0 atom stereocenters. The Hall–Kier alpha value is -3.21. The lowest BCUT2D eigenvalue weighted by molar-refractivity contribution is 0.0684. The lowest BCUT2D eigenvalue weighted by atomic mass is 10.1. The summed E-state index contributed by atoms with van der Waals surface area (Å²) < 4.78 is 0.